The summed E-state index contributed by atoms with van der Waals surface area (Å²) in [7, 11) is -11.4. The third-order valence-electron chi connectivity index (χ3n) is 0.741. The Hall–Kier alpha value is -0.350. The zero-order chi connectivity index (χ0) is 10.2. The number of halogens is 3. The maximum atomic E-state index is 12.0. The molecule has 0 spiro atoms. The molecule has 10 heteroatoms. The second-order valence-corrected chi connectivity index (χ2v) is 5.33. The van der Waals surface area contributed by atoms with E-state index in [0.29, 0.717) is 0 Å². The van der Waals surface area contributed by atoms with Gasteiger partial charge in [0.2, 0.25) is 0 Å². The van der Waals surface area contributed by atoms with E-state index in [2.05, 4.69) is 0 Å². The molecule has 1 atom stereocenters. The summed E-state index contributed by atoms with van der Waals surface area (Å²) in [4.78, 5) is -4.00. The van der Waals surface area contributed by atoms with Crippen LogP contribution in [0.25, 0.3) is 0 Å². The van der Waals surface area contributed by atoms with E-state index in [4.69, 9.17) is 4.55 Å². The van der Waals surface area contributed by atoms with Crippen molar-refractivity contribution in [2.45, 2.75) is 10.6 Å². The van der Waals surface area contributed by atoms with Crippen molar-refractivity contribution in [1.82, 2.24) is 0 Å². The largest absolute Gasteiger partial charge is 0.340 e. The van der Waals surface area contributed by atoms with Gasteiger partial charge in [0.1, 0.15) is 0 Å². The number of sulfone groups is 1. The zero-order valence-electron chi connectivity index (χ0n) is 5.19. The Morgan fingerprint density at radius 1 is 1.00 bits per heavy atom. The summed E-state index contributed by atoms with van der Waals surface area (Å²) >= 11 is 0. The molecule has 0 fully saturated rings. The van der Waals surface area contributed by atoms with Gasteiger partial charge in [-0.2, -0.15) is 17.2 Å². The molecule has 0 aliphatic rings. The highest BCUT2D eigenvalue weighted by Crippen LogP contribution is 2.17. The normalized spacial score (nSPS) is 16.4. The third-order valence-corrected chi connectivity index (χ3v) is 3.76. The molecular formula is C2H3F3O5S2. The molecule has 0 aliphatic carbocycles. The first-order valence-corrected chi connectivity index (χ1v) is 5.32. The van der Waals surface area contributed by atoms with Crippen molar-refractivity contribution in [3.63, 3.8) is 0 Å². The van der Waals surface area contributed by atoms with Gasteiger partial charge in [0.05, 0.1) is 0 Å². The number of hydrogen-bond acceptors (Lipinski definition) is 4. The van der Waals surface area contributed by atoms with E-state index in [-0.39, 0.29) is 0 Å². The van der Waals surface area contributed by atoms with Crippen LogP contribution in [0.2, 0.25) is 0 Å². The van der Waals surface area contributed by atoms with Crippen LogP contribution in [0.15, 0.2) is 0 Å². The van der Waals surface area contributed by atoms with Gasteiger partial charge in [-0.1, -0.05) is 0 Å². The molecule has 0 amide bonds. The third kappa shape index (κ3) is 2.32. The topological polar surface area (TPSA) is 88.5 Å². The van der Waals surface area contributed by atoms with Crippen LogP contribution in [0.4, 0.5) is 13.2 Å². The Kier molecular flexibility index (Phi) is 3.09. The van der Waals surface area contributed by atoms with Gasteiger partial charge in [-0.25, -0.2) is 12.8 Å². The number of alkyl halides is 3. The summed E-state index contributed by atoms with van der Waals surface area (Å²) in [6.45, 7) is 0. The second-order valence-electron chi connectivity index (χ2n) is 1.64. The van der Waals surface area contributed by atoms with Crippen LogP contribution in [-0.4, -0.2) is 32.0 Å². The van der Waals surface area contributed by atoms with Gasteiger partial charge >= 0.3 is 20.7 Å². The first kappa shape index (κ1) is 11.6. The van der Waals surface area contributed by atoms with Crippen LogP contribution in [0.5, 0.6) is 0 Å². The van der Waals surface area contributed by atoms with Crippen molar-refractivity contribution in [1.29, 1.82) is 0 Å². The van der Waals surface area contributed by atoms with E-state index >= 15 is 0 Å². The monoisotopic (exact) mass is 228 g/mol. The predicted octanol–water partition coefficient (Wildman–Crippen LogP) is -0.235. The molecule has 0 aromatic heterocycles. The van der Waals surface area contributed by atoms with E-state index < -0.39 is 30.5 Å². The number of hydrogen-bond donors (Lipinski definition) is 1. The van der Waals surface area contributed by atoms with Crippen molar-refractivity contribution in [2.75, 3.05) is 0 Å². The minimum absolute atomic E-state index is 4.00. The molecule has 74 valence electrons. The Morgan fingerprint density at radius 2 is 1.33 bits per heavy atom. The minimum Gasteiger partial charge on any atom is -0.282 e. The summed E-state index contributed by atoms with van der Waals surface area (Å²) < 4.78 is 82.1. The molecule has 1 unspecified atom stereocenters. The first-order chi connectivity index (χ1) is 5.10. The van der Waals surface area contributed by atoms with Crippen LogP contribution in [-0.2, 0) is 20.0 Å². The van der Waals surface area contributed by atoms with Crippen LogP contribution in [0.1, 0.15) is 0 Å². The molecule has 0 saturated carbocycles. The number of rotatable bonds is 3. The van der Waals surface area contributed by atoms with Crippen LogP contribution in [0, 0.1) is 0 Å². The van der Waals surface area contributed by atoms with E-state index in [0.717, 1.165) is 0 Å². The molecule has 0 aromatic carbocycles. The zero-order valence-corrected chi connectivity index (χ0v) is 6.82. The standard InChI is InChI=1S/C2H3F3O5S2/c3-1(4)11(6,7)2(5)12(8,9)10/h1-2H,(H,8,9,10). The lowest BCUT2D eigenvalue weighted by atomic mass is 11.7. The lowest BCUT2D eigenvalue weighted by Gasteiger charge is -2.04. The maximum Gasteiger partial charge on any atom is 0.340 e. The van der Waals surface area contributed by atoms with Gasteiger partial charge in [-0.05, 0) is 0 Å². The fourth-order valence-electron chi connectivity index (χ4n) is 0.250. The highest BCUT2D eigenvalue weighted by atomic mass is 32.3. The van der Waals surface area contributed by atoms with E-state index in [9.17, 15) is 30.0 Å². The average Bonchev–Trinajstić information content (AvgIpc) is 1.83. The molecule has 1 N–H and O–H groups in total. The maximum absolute atomic E-state index is 12.0. The van der Waals surface area contributed by atoms with Gasteiger partial charge in [0, 0.05) is 0 Å². The molecule has 5 nitrogen and oxygen atoms in total. The van der Waals surface area contributed by atoms with Gasteiger partial charge in [-0.15, -0.1) is 0 Å². The Labute approximate surface area is 65.9 Å². The quantitative estimate of drug-likeness (QED) is 0.673. The average molecular weight is 228 g/mol. The summed E-state index contributed by atoms with van der Waals surface area (Å²) in [5, 5.41) is 0. The molecule has 0 saturated heterocycles. The highest BCUT2D eigenvalue weighted by molar-refractivity contribution is 8.06. The van der Waals surface area contributed by atoms with Crippen molar-refractivity contribution in [3.8, 4) is 0 Å². The molecule has 12 heavy (non-hydrogen) atoms. The minimum atomic E-state index is -5.77. The molecule has 0 aliphatic heterocycles. The SMILES string of the molecule is O=S(=O)(O)C(F)S(=O)(=O)C(F)F. The Bertz CT molecular complexity index is 341. The van der Waals surface area contributed by atoms with Crippen LogP contribution in [0.3, 0.4) is 0 Å². The molecule has 0 aromatic rings. The Morgan fingerprint density at radius 3 is 1.42 bits per heavy atom. The summed E-state index contributed by atoms with van der Waals surface area (Å²) in [6.07, 6.45) is 0. The highest BCUT2D eigenvalue weighted by Gasteiger charge is 2.43. The van der Waals surface area contributed by atoms with Crippen LogP contribution < -0.4 is 0 Å². The predicted molar refractivity (Wildman–Crippen MR) is 31.4 cm³/mol. The van der Waals surface area contributed by atoms with Gasteiger partial charge in [0.15, 0.2) is 0 Å². The first-order valence-electron chi connectivity index (χ1n) is 2.21. The fraction of sp³-hybridized carbons (Fsp3) is 1.00. The van der Waals surface area contributed by atoms with Gasteiger partial charge in [-0.3, -0.25) is 4.55 Å². The molecular weight excluding hydrogens is 225 g/mol. The summed E-state index contributed by atoms with van der Waals surface area (Å²) in [5.74, 6) is -4.19. The lowest BCUT2D eigenvalue weighted by molar-refractivity contribution is 0.229. The van der Waals surface area contributed by atoms with Crippen molar-refractivity contribution in [3.05, 3.63) is 0 Å². The molecule has 0 rings (SSSR count). The van der Waals surface area contributed by atoms with Crippen molar-refractivity contribution in [2.24, 2.45) is 0 Å². The van der Waals surface area contributed by atoms with E-state index in [1.54, 1.807) is 0 Å². The molecule has 0 radical (unpaired) electrons. The lowest BCUT2D eigenvalue weighted by Crippen LogP contribution is -2.30. The van der Waals surface area contributed by atoms with E-state index in [1.807, 2.05) is 0 Å². The van der Waals surface area contributed by atoms with Gasteiger partial charge < -0.3 is 0 Å². The van der Waals surface area contributed by atoms with Crippen LogP contribution >= 0.6 is 0 Å². The van der Waals surface area contributed by atoms with Gasteiger partial charge in [0.25, 0.3) is 9.84 Å². The summed E-state index contributed by atoms with van der Waals surface area (Å²) in [5.41, 5.74) is 0. The van der Waals surface area contributed by atoms with Crippen molar-refractivity contribution >= 4 is 20.0 Å². The smallest absolute Gasteiger partial charge is 0.282 e. The van der Waals surface area contributed by atoms with Crippen molar-refractivity contribution < 1.29 is 34.6 Å². The van der Waals surface area contributed by atoms with E-state index in [1.165, 1.54) is 0 Å². The molecule has 0 heterocycles. The second kappa shape index (κ2) is 3.18. The molecule has 0 bridgehead atoms. The Balaban J connectivity index is 5.12. The fourth-order valence-corrected chi connectivity index (χ4v) is 2.02. The summed E-state index contributed by atoms with van der Waals surface area (Å²) in [6, 6.07) is 0.